The van der Waals surface area contributed by atoms with Crippen LogP contribution in [0.15, 0.2) is 42.7 Å². The number of hydrogen-bond donors (Lipinski definition) is 2. The number of rotatable bonds is 3. The molecule has 2 aromatic rings. The molecule has 2 aliphatic rings. The van der Waals surface area contributed by atoms with Crippen molar-refractivity contribution in [3.63, 3.8) is 0 Å². The van der Waals surface area contributed by atoms with E-state index in [0.29, 0.717) is 17.8 Å². The smallest absolute Gasteiger partial charge is 0.274 e. The summed E-state index contributed by atoms with van der Waals surface area (Å²) in [5.41, 5.74) is 1.16. The third-order valence-electron chi connectivity index (χ3n) is 4.99. The van der Waals surface area contributed by atoms with Crippen LogP contribution in [0.4, 0.5) is 11.5 Å². The quantitative estimate of drug-likeness (QED) is 0.900. The first-order valence-electron chi connectivity index (χ1n) is 8.97. The Hall–Kier alpha value is -2.47. The van der Waals surface area contributed by atoms with Crippen LogP contribution in [0, 0.1) is 0 Å². The van der Waals surface area contributed by atoms with Crippen molar-refractivity contribution in [2.45, 2.75) is 37.8 Å². The Labute approximate surface area is 147 Å². The highest BCUT2D eigenvalue weighted by atomic mass is 16.1. The van der Waals surface area contributed by atoms with E-state index in [1.165, 1.54) is 19.3 Å². The molecule has 0 saturated carbocycles. The van der Waals surface area contributed by atoms with E-state index < -0.39 is 0 Å². The Morgan fingerprint density at radius 2 is 1.96 bits per heavy atom. The van der Waals surface area contributed by atoms with E-state index in [0.717, 1.165) is 31.0 Å². The monoisotopic (exact) mass is 337 g/mol. The molecule has 0 aromatic carbocycles. The van der Waals surface area contributed by atoms with Crippen LogP contribution in [0.3, 0.4) is 0 Å². The first-order chi connectivity index (χ1) is 12.3. The van der Waals surface area contributed by atoms with Crippen LogP contribution in [0.25, 0.3) is 0 Å². The minimum atomic E-state index is -0.195. The van der Waals surface area contributed by atoms with Crippen LogP contribution < -0.4 is 15.5 Å². The number of nitrogens with zero attached hydrogens (tertiary/aromatic N) is 3. The van der Waals surface area contributed by atoms with Gasteiger partial charge in [-0.2, -0.15) is 0 Å². The van der Waals surface area contributed by atoms with Crippen molar-refractivity contribution in [1.29, 1.82) is 0 Å². The maximum absolute atomic E-state index is 12.5. The second-order valence-electron chi connectivity index (χ2n) is 6.80. The topological polar surface area (TPSA) is 70.2 Å². The molecule has 4 rings (SSSR count). The molecule has 2 aromatic heterocycles. The minimum Gasteiger partial charge on any atom is -0.355 e. The highest BCUT2D eigenvalue weighted by Gasteiger charge is 2.27. The molecule has 0 aliphatic carbocycles. The van der Waals surface area contributed by atoms with Crippen molar-refractivity contribution in [1.82, 2.24) is 15.3 Å². The largest absolute Gasteiger partial charge is 0.355 e. The Balaban J connectivity index is 1.50. The fourth-order valence-electron chi connectivity index (χ4n) is 3.72. The predicted octanol–water partition coefficient (Wildman–Crippen LogP) is 2.45. The normalized spacial score (nSPS) is 23.0. The highest BCUT2D eigenvalue weighted by molar-refractivity contribution is 6.03. The van der Waals surface area contributed by atoms with Crippen LogP contribution in [0.1, 0.15) is 36.2 Å². The summed E-state index contributed by atoms with van der Waals surface area (Å²) in [6.07, 6.45) is 8.23. The summed E-state index contributed by atoms with van der Waals surface area (Å²) in [6, 6.07) is 10.4. The number of carbonyl (C=O) groups excluding carboxylic acids is 1. The number of fused-ring (bicyclic) bond motifs is 2. The molecule has 2 unspecified atom stereocenters. The van der Waals surface area contributed by atoms with Gasteiger partial charge >= 0.3 is 0 Å². The molecule has 2 bridgehead atoms. The van der Waals surface area contributed by atoms with Crippen LogP contribution in [0.5, 0.6) is 0 Å². The molecule has 6 heteroatoms. The van der Waals surface area contributed by atoms with Crippen molar-refractivity contribution in [3.8, 4) is 0 Å². The average Bonchev–Trinajstić information content (AvgIpc) is 2.80. The molecule has 2 fully saturated rings. The lowest BCUT2D eigenvalue weighted by atomic mass is 9.98. The van der Waals surface area contributed by atoms with Gasteiger partial charge in [0.1, 0.15) is 11.5 Å². The Morgan fingerprint density at radius 3 is 2.84 bits per heavy atom. The molecule has 4 heterocycles. The first kappa shape index (κ1) is 16.0. The molecule has 2 atom stereocenters. The van der Waals surface area contributed by atoms with E-state index >= 15 is 0 Å². The van der Waals surface area contributed by atoms with Gasteiger partial charge in [0.2, 0.25) is 0 Å². The molecule has 0 radical (unpaired) electrons. The zero-order valence-electron chi connectivity index (χ0n) is 14.2. The lowest BCUT2D eigenvalue weighted by Gasteiger charge is -2.29. The van der Waals surface area contributed by atoms with Gasteiger partial charge in [-0.3, -0.25) is 9.78 Å². The fraction of sp³-hybridized carbons (Fsp3) is 0.421. The van der Waals surface area contributed by atoms with Gasteiger partial charge in [-0.05, 0) is 43.5 Å². The van der Waals surface area contributed by atoms with Crippen molar-refractivity contribution in [3.05, 3.63) is 48.4 Å². The predicted molar refractivity (Wildman–Crippen MR) is 97.8 cm³/mol. The third-order valence-corrected chi connectivity index (χ3v) is 4.99. The van der Waals surface area contributed by atoms with E-state index in [1.54, 1.807) is 30.6 Å². The number of hydrogen-bond acceptors (Lipinski definition) is 5. The molecule has 130 valence electrons. The molecule has 1 amide bonds. The summed E-state index contributed by atoms with van der Waals surface area (Å²) < 4.78 is 0. The van der Waals surface area contributed by atoms with Crippen LogP contribution in [-0.2, 0) is 0 Å². The van der Waals surface area contributed by atoms with Crippen LogP contribution in [-0.4, -0.2) is 41.0 Å². The third kappa shape index (κ3) is 3.79. The second kappa shape index (κ2) is 7.19. The molecular formula is C19H23N5O. The van der Waals surface area contributed by atoms with Gasteiger partial charge in [0.25, 0.3) is 5.91 Å². The van der Waals surface area contributed by atoms with Crippen molar-refractivity contribution in [2.75, 3.05) is 23.3 Å². The first-order valence-corrected chi connectivity index (χ1v) is 8.97. The van der Waals surface area contributed by atoms with Crippen molar-refractivity contribution >= 4 is 17.4 Å². The highest BCUT2D eigenvalue weighted by Crippen LogP contribution is 2.23. The summed E-state index contributed by atoms with van der Waals surface area (Å²) in [6.45, 7) is 1.94. The van der Waals surface area contributed by atoms with Gasteiger partial charge < -0.3 is 15.5 Å². The Bertz CT molecular complexity index is 736. The van der Waals surface area contributed by atoms with Gasteiger partial charge in [-0.15, -0.1) is 0 Å². The maximum Gasteiger partial charge on any atom is 0.274 e. The molecular weight excluding hydrogens is 314 g/mol. The number of pyridine rings is 2. The van der Waals surface area contributed by atoms with E-state index in [9.17, 15) is 4.79 Å². The number of amides is 1. The van der Waals surface area contributed by atoms with Crippen molar-refractivity contribution in [2.24, 2.45) is 0 Å². The van der Waals surface area contributed by atoms with E-state index in [-0.39, 0.29) is 5.91 Å². The summed E-state index contributed by atoms with van der Waals surface area (Å²) >= 11 is 0. The van der Waals surface area contributed by atoms with Gasteiger partial charge in [0.05, 0.1) is 0 Å². The van der Waals surface area contributed by atoms with E-state index in [4.69, 9.17) is 0 Å². The zero-order chi connectivity index (χ0) is 17.1. The van der Waals surface area contributed by atoms with Gasteiger partial charge in [0.15, 0.2) is 0 Å². The van der Waals surface area contributed by atoms with Gasteiger partial charge in [-0.25, -0.2) is 4.98 Å². The summed E-state index contributed by atoms with van der Waals surface area (Å²) in [7, 11) is 0. The minimum absolute atomic E-state index is 0.195. The molecule has 25 heavy (non-hydrogen) atoms. The maximum atomic E-state index is 12.5. The second-order valence-corrected chi connectivity index (χ2v) is 6.80. The summed E-state index contributed by atoms with van der Waals surface area (Å²) in [5.74, 6) is 0.691. The number of anilines is 2. The molecule has 0 spiro atoms. The Kier molecular flexibility index (Phi) is 4.61. The Morgan fingerprint density at radius 1 is 1.12 bits per heavy atom. The number of carbonyl (C=O) groups is 1. The zero-order valence-corrected chi connectivity index (χ0v) is 14.2. The number of piperidine rings is 1. The van der Waals surface area contributed by atoms with Crippen LogP contribution >= 0.6 is 0 Å². The molecule has 2 aliphatic heterocycles. The lowest BCUT2D eigenvalue weighted by Crippen LogP contribution is -2.44. The summed E-state index contributed by atoms with van der Waals surface area (Å²) in [5, 5.41) is 6.60. The fourth-order valence-corrected chi connectivity index (χ4v) is 3.72. The molecule has 2 N–H and O–H groups in total. The molecule has 2 saturated heterocycles. The number of nitrogens with one attached hydrogen (secondary N) is 2. The summed E-state index contributed by atoms with van der Waals surface area (Å²) in [4.78, 5) is 23.4. The lowest BCUT2D eigenvalue weighted by molar-refractivity contribution is 0.102. The van der Waals surface area contributed by atoms with E-state index in [1.807, 2.05) is 12.1 Å². The SMILES string of the molecule is O=C(Nc1ccncc1)c1cccc(N2CCC3CCCC(C2)N3)n1. The van der Waals surface area contributed by atoms with Gasteiger partial charge in [-0.1, -0.05) is 12.5 Å². The standard InChI is InChI=1S/C19H23N5O/c25-19(22-15-7-10-20-11-8-15)17-5-2-6-18(23-17)24-12-9-14-3-1-4-16(13-24)21-14/h2,5-8,10-11,14,16,21H,1,3-4,9,12-13H2,(H,20,22,25). The van der Waals surface area contributed by atoms with E-state index in [2.05, 4.69) is 25.5 Å². The van der Waals surface area contributed by atoms with Crippen LogP contribution in [0.2, 0.25) is 0 Å². The average molecular weight is 337 g/mol. The number of aromatic nitrogens is 2. The van der Waals surface area contributed by atoms with Gasteiger partial charge in [0, 0.05) is 43.3 Å². The molecule has 6 nitrogen and oxygen atoms in total. The van der Waals surface area contributed by atoms with Crippen molar-refractivity contribution < 1.29 is 4.79 Å².